The van der Waals surface area contributed by atoms with Gasteiger partial charge in [0, 0.05) is 23.8 Å². The topological polar surface area (TPSA) is 75.4 Å². The monoisotopic (exact) mass is 287 g/mol. The first-order chi connectivity index (χ1) is 8.79. The fourth-order valence-electron chi connectivity index (χ4n) is 2.27. The van der Waals surface area contributed by atoms with Crippen molar-refractivity contribution in [1.29, 1.82) is 0 Å². The molecule has 1 unspecified atom stereocenters. The number of likely N-dealkylation sites (N-methyl/N-ethyl adjacent to an activating group) is 1. The number of nitrogen functional groups attached to an aromatic ring is 1. The highest BCUT2D eigenvalue weighted by Crippen LogP contribution is 2.22. The van der Waals surface area contributed by atoms with Crippen molar-refractivity contribution >= 4 is 15.7 Å². The Morgan fingerprint density at radius 2 is 2.16 bits per heavy atom. The third-order valence-electron chi connectivity index (χ3n) is 3.32. The van der Waals surface area contributed by atoms with Crippen LogP contribution in [0.1, 0.15) is 12.0 Å². The summed E-state index contributed by atoms with van der Waals surface area (Å²) in [5, 5.41) is 0. The summed E-state index contributed by atoms with van der Waals surface area (Å²) in [6.45, 7) is 2.94. The van der Waals surface area contributed by atoms with Crippen molar-refractivity contribution in [2.24, 2.45) is 0 Å². The largest absolute Gasteiger partial charge is 0.399 e. The number of nitrogens with two attached hydrogens (primary N) is 1. The number of nitrogens with one attached hydrogen (secondary N) is 1. The van der Waals surface area contributed by atoms with Crippen LogP contribution in [-0.2, 0) is 10.0 Å². The van der Waals surface area contributed by atoms with Crippen LogP contribution in [0.25, 0.3) is 0 Å². The summed E-state index contributed by atoms with van der Waals surface area (Å²) in [7, 11) is -1.81. The van der Waals surface area contributed by atoms with Gasteiger partial charge in [-0.3, -0.25) is 0 Å². The van der Waals surface area contributed by atoms with E-state index in [9.17, 15) is 12.8 Å². The molecular formula is C12H18FN3O2S. The maximum Gasteiger partial charge on any atom is 0.241 e. The van der Waals surface area contributed by atoms with Gasteiger partial charge < -0.3 is 10.6 Å². The first kappa shape index (κ1) is 14.2. The molecule has 1 aromatic carbocycles. The maximum absolute atomic E-state index is 13.6. The van der Waals surface area contributed by atoms with Crippen molar-refractivity contribution in [3.05, 3.63) is 23.5 Å². The highest BCUT2D eigenvalue weighted by molar-refractivity contribution is 7.89. The predicted octanol–water partition coefficient (Wildman–Crippen LogP) is 0.699. The average molecular weight is 287 g/mol. The Bertz CT molecular complexity index is 589. The molecule has 0 bridgehead atoms. The van der Waals surface area contributed by atoms with E-state index in [1.807, 2.05) is 11.9 Å². The van der Waals surface area contributed by atoms with E-state index < -0.39 is 15.8 Å². The number of hydrogen-bond donors (Lipinski definition) is 2. The Morgan fingerprint density at radius 3 is 2.74 bits per heavy atom. The fourth-order valence-corrected chi connectivity index (χ4v) is 3.82. The molecule has 7 heteroatoms. The first-order valence-corrected chi connectivity index (χ1v) is 7.54. The van der Waals surface area contributed by atoms with E-state index in [1.54, 1.807) is 0 Å². The van der Waals surface area contributed by atoms with Gasteiger partial charge in [0.05, 0.1) is 4.90 Å². The Labute approximate surface area is 112 Å². The van der Waals surface area contributed by atoms with E-state index in [4.69, 9.17) is 5.73 Å². The van der Waals surface area contributed by atoms with Gasteiger partial charge in [-0.25, -0.2) is 17.5 Å². The molecule has 1 fully saturated rings. The zero-order valence-electron chi connectivity index (χ0n) is 11.0. The lowest BCUT2D eigenvalue weighted by Gasteiger charge is -2.15. The van der Waals surface area contributed by atoms with Gasteiger partial charge in [-0.2, -0.15) is 0 Å². The van der Waals surface area contributed by atoms with Crippen LogP contribution in [-0.4, -0.2) is 39.5 Å². The third kappa shape index (κ3) is 3.05. The van der Waals surface area contributed by atoms with Crippen LogP contribution in [0.5, 0.6) is 0 Å². The van der Waals surface area contributed by atoms with E-state index in [1.165, 1.54) is 13.0 Å². The standard InChI is InChI=1S/C12H18FN3O2S/c1-8-11(13)5-9(14)6-12(8)19(17,18)15-10-3-4-16(2)7-10/h5-6,10,15H,3-4,7,14H2,1-2H3. The van der Waals surface area contributed by atoms with Crippen LogP contribution < -0.4 is 10.5 Å². The Kier molecular flexibility index (Phi) is 3.80. The molecular weight excluding hydrogens is 269 g/mol. The molecule has 1 aliphatic heterocycles. The molecule has 0 spiro atoms. The molecule has 1 atom stereocenters. The minimum atomic E-state index is -3.74. The van der Waals surface area contributed by atoms with Gasteiger partial charge in [-0.15, -0.1) is 0 Å². The number of likely N-dealkylation sites (tertiary alicyclic amines) is 1. The smallest absolute Gasteiger partial charge is 0.241 e. The second-order valence-corrected chi connectivity index (χ2v) is 6.68. The summed E-state index contributed by atoms with van der Waals surface area (Å²) < 4.78 is 40.7. The van der Waals surface area contributed by atoms with E-state index in [0.717, 1.165) is 19.0 Å². The quantitative estimate of drug-likeness (QED) is 0.802. The number of benzene rings is 1. The summed E-state index contributed by atoms with van der Waals surface area (Å²) in [4.78, 5) is 1.96. The molecule has 0 amide bonds. The van der Waals surface area contributed by atoms with Crippen molar-refractivity contribution in [2.75, 3.05) is 25.9 Å². The minimum absolute atomic E-state index is 0.0837. The molecule has 0 aromatic heterocycles. The van der Waals surface area contributed by atoms with E-state index in [-0.39, 0.29) is 22.2 Å². The number of sulfonamides is 1. The SMILES string of the molecule is Cc1c(F)cc(N)cc1S(=O)(=O)NC1CCN(C)C1. The van der Waals surface area contributed by atoms with Crippen LogP contribution >= 0.6 is 0 Å². The van der Waals surface area contributed by atoms with Crippen molar-refractivity contribution in [1.82, 2.24) is 9.62 Å². The lowest BCUT2D eigenvalue weighted by Crippen LogP contribution is -2.36. The van der Waals surface area contributed by atoms with Crippen molar-refractivity contribution < 1.29 is 12.8 Å². The molecule has 1 aromatic rings. The average Bonchev–Trinajstić information content (AvgIpc) is 2.68. The number of halogens is 1. The zero-order valence-corrected chi connectivity index (χ0v) is 11.8. The molecule has 19 heavy (non-hydrogen) atoms. The van der Waals surface area contributed by atoms with Crippen LogP contribution in [0, 0.1) is 12.7 Å². The number of nitrogens with zero attached hydrogens (tertiary/aromatic N) is 1. The second-order valence-electron chi connectivity index (χ2n) is 4.99. The number of anilines is 1. The first-order valence-electron chi connectivity index (χ1n) is 6.06. The second kappa shape index (κ2) is 5.07. The third-order valence-corrected chi connectivity index (χ3v) is 4.97. The van der Waals surface area contributed by atoms with E-state index in [2.05, 4.69) is 4.72 Å². The Hall–Kier alpha value is -1.18. The zero-order chi connectivity index (χ0) is 14.2. The lowest BCUT2D eigenvalue weighted by molar-refractivity contribution is 0.407. The molecule has 0 aliphatic carbocycles. The predicted molar refractivity (Wildman–Crippen MR) is 71.8 cm³/mol. The summed E-state index contributed by atoms with van der Waals surface area (Å²) in [5.41, 5.74) is 5.71. The summed E-state index contributed by atoms with van der Waals surface area (Å²) in [6.07, 6.45) is 0.750. The molecule has 3 N–H and O–H groups in total. The van der Waals surface area contributed by atoms with E-state index >= 15 is 0 Å². The molecule has 106 valence electrons. The van der Waals surface area contributed by atoms with Crippen LogP contribution in [0.4, 0.5) is 10.1 Å². The normalized spacial score (nSPS) is 20.9. The molecule has 5 nitrogen and oxygen atoms in total. The Morgan fingerprint density at radius 1 is 1.47 bits per heavy atom. The van der Waals surface area contributed by atoms with Gasteiger partial charge in [-0.1, -0.05) is 0 Å². The summed E-state index contributed by atoms with van der Waals surface area (Å²) in [6, 6.07) is 2.27. The lowest BCUT2D eigenvalue weighted by atomic mass is 10.2. The summed E-state index contributed by atoms with van der Waals surface area (Å²) >= 11 is 0. The molecule has 1 saturated heterocycles. The number of rotatable bonds is 3. The van der Waals surface area contributed by atoms with Gasteiger partial charge in [0.1, 0.15) is 5.82 Å². The van der Waals surface area contributed by atoms with Gasteiger partial charge in [-0.05, 0) is 39.1 Å². The van der Waals surface area contributed by atoms with Gasteiger partial charge in [0.15, 0.2) is 0 Å². The van der Waals surface area contributed by atoms with Crippen molar-refractivity contribution in [3.63, 3.8) is 0 Å². The molecule has 1 heterocycles. The highest BCUT2D eigenvalue weighted by atomic mass is 32.2. The van der Waals surface area contributed by atoms with Crippen molar-refractivity contribution in [2.45, 2.75) is 24.3 Å². The van der Waals surface area contributed by atoms with Gasteiger partial charge in [0.25, 0.3) is 0 Å². The molecule has 0 radical (unpaired) electrons. The molecule has 1 aliphatic rings. The Balaban J connectivity index is 2.29. The van der Waals surface area contributed by atoms with Crippen molar-refractivity contribution in [3.8, 4) is 0 Å². The van der Waals surface area contributed by atoms with Crippen LogP contribution in [0.15, 0.2) is 17.0 Å². The molecule has 2 rings (SSSR count). The van der Waals surface area contributed by atoms with Crippen LogP contribution in [0.2, 0.25) is 0 Å². The van der Waals surface area contributed by atoms with Gasteiger partial charge in [0.2, 0.25) is 10.0 Å². The maximum atomic E-state index is 13.6. The fraction of sp³-hybridized carbons (Fsp3) is 0.500. The minimum Gasteiger partial charge on any atom is -0.399 e. The van der Waals surface area contributed by atoms with Crippen LogP contribution in [0.3, 0.4) is 0 Å². The van der Waals surface area contributed by atoms with E-state index in [0.29, 0.717) is 6.54 Å². The molecule has 0 saturated carbocycles. The summed E-state index contributed by atoms with van der Waals surface area (Å²) in [5.74, 6) is -0.607. The number of hydrogen-bond acceptors (Lipinski definition) is 4. The van der Waals surface area contributed by atoms with Gasteiger partial charge >= 0.3 is 0 Å². The highest BCUT2D eigenvalue weighted by Gasteiger charge is 2.27.